The number of nitrogens with zero attached hydrogens (tertiary/aromatic N) is 4. The van der Waals surface area contributed by atoms with Gasteiger partial charge >= 0.3 is 0 Å². The van der Waals surface area contributed by atoms with E-state index in [1.807, 2.05) is 10.6 Å². The minimum Gasteiger partial charge on any atom is -0.378 e. The van der Waals surface area contributed by atoms with Gasteiger partial charge in [0.25, 0.3) is 0 Å². The Labute approximate surface area is 190 Å². The predicted octanol–water partition coefficient (Wildman–Crippen LogP) is 5.36. The Bertz CT molecular complexity index is 1210. The Hall–Kier alpha value is -2.90. The number of ether oxygens (including phenoxy) is 1. The molecule has 7 heteroatoms. The van der Waals surface area contributed by atoms with Crippen LogP contribution in [0, 0.1) is 13.8 Å². The van der Waals surface area contributed by atoms with Crippen molar-refractivity contribution in [3.05, 3.63) is 70.6 Å². The molecule has 0 saturated carbocycles. The van der Waals surface area contributed by atoms with Crippen molar-refractivity contribution in [1.82, 2.24) is 14.4 Å². The van der Waals surface area contributed by atoms with Crippen molar-refractivity contribution in [3.8, 4) is 11.3 Å². The molecule has 0 radical (unpaired) electrons. The first-order valence-electron chi connectivity index (χ1n) is 10.4. The van der Waals surface area contributed by atoms with Crippen LogP contribution in [-0.4, -0.2) is 40.7 Å². The summed E-state index contributed by atoms with van der Waals surface area (Å²) in [5.41, 5.74) is 7.45. The maximum atomic E-state index is 5.48. The number of imidazole rings is 1. The molecule has 2 aromatic heterocycles. The van der Waals surface area contributed by atoms with E-state index >= 15 is 0 Å². The number of benzene rings is 2. The SMILES string of the molecule is Cc1cccc(C)c1Nc1c(-c2ccc(N3CCOCC3)cc2)nc2cnc(Br)cn12. The third-order valence-corrected chi connectivity index (χ3v) is 6.13. The van der Waals surface area contributed by atoms with E-state index in [2.05, 4.69) is 87.4 Å². The summed E-state index contributed by atoms with van der Waals surface area (Å²) in [7, 11) is 0. The molecular weight excluding hydrogens is 454 g/mol. The molecule has 1 N–H and O–H groups in total. The second kappa shape index (κ2) is 8.32. The zero-order chi connectivity index (χ0) is 21.4. The van der Waals surface area contributed by atoms with E-state index < -0.39 is 0 Å². The Morgan fingerprint density at radius 1 is 1.00 bits per heavy atom. The number of fused-ring (bicyclic) bond motifs is 1. The number of morpholine rings is 1. The molecule has 0 amide bonds. The number of nitrogens with one attached hydrogen (secondary N) is 1. The molecular formula is C24H24BrN5O. The Kier molecular flexibility index (Phi) is 5.38. The topological polar surface area (TPSA) is 54.7 Å². The number of anilines is 3. The smallest absolute Gasteiger partial charge is 0.157 e. The summed E-state index contributed by atoms with van der Waals surface area (Å²) in [6.07, 6.45) is 3.73. The highest BCUT2D eigenvalue weighted by molar-refractivity contribution is 9.10. The molecule has 4 aromatic rings. The van der Waals surface area contributed by atoms with E-state index in [-0.39, 0.29) is 0 Å². The highest BCUT2D eigenvalue weighted by Gasteiger charge is 2.18. The summed E-state index contributed by atoms with van der Waals surface area (Å²) in [6.45, 7) is 7.64. The number of halogens is 1. The zero-order valence-corrected chi connectivity index (χ0v) is 19.2. The zero-order valence-electron chi connectivity index (χ0n) is 17.6. The lowest BCUT2D eigenvalue weighted by Crippen LogP contribution is -2.36. The molecule has 1 saturated heterocycles. The Morgan fingerprint density at radius 2 is 1.71 bits per heavy atom. The predicted molar refractivity (Wildman–Crippen MR) is 128 cm³/mol. The van der Waals surface area contributed by atoms with Gasteiger partial charge in [0.1, 0.15) is 16.1 Å². The van der Waals surface area contributed by atoms with Crippen LogP contribution < -0.4 is 10.2 Å². The maximum absolute atomic E-state index is 5.48. The second-order valence-electron chi connectivity index (χ2n) is 7.79. The number of aryl methyl sites for hydroxylation is 2. The van der Waals surface area contributed by atoms with Gasteiger partial charge < -0.3 is 15.0 Å². The van der Waals surface area contributed by atoms with Crippen LogP contribution in [0.3, 0.4) is 0 Å². The van der Waals surface area contributed by atoms with Gasteiger partial charge in [0.2, 0.25) is 0 Å². The normalized spacial score (nSPS) is 14.2. The van der Waals surface area contributed by atoms with Crippen LogP contribution in [0.5, 0.6) is 0 Å². The highest BCUT2D eigenvalue weighted by Crippen LogP contribution is 2.34. The highest BCUT2D eigenvalue weighted by atomic mass is 79.9. The van der Waals surface area contributed by atoms with Crippen molar-refractivity contribution in [2.45, 2.75) is 13.8 Å². The van der Waals surface area contributed by atoms with Crippen molar-refractivity contribution in [2.75, 3.05) is 36.5 Å². The Morgan fingerprint density at radius 3 is 2.42 bits per heavy atom. The standard InChI is InChI=1S/C24H24BrN5O/c1-16-4-3-5-17(2)22(16)28-24-23(27-21-14-26-20(25)15-30(21)24)18-6-8-19(9-7-18)29-10-12-31-13-11-29/h3-9,14-15,28H,10-13H2,1-2H3. The van der Waals surface area contributed by atoms with Crippen LogP contribution in [-0.2, 0) is 4.74 Å². The second-order valence-corrected chi connectivity index (χ2v) is 8.60. The van der Waals surface area contributed by atoms with Gasteiger partial charge in [0.15, 0.2) is 5.65 Å². The molecule has 0 aliphatic carbocycles. The van der Waals surface area contributed by atoms with E-state index in [0.717, 1.165) is 59.3 Å². The lowest BCUT2D eigenvalue weighted by molar-refractivity contribution is 0.122. The van der Waals surface area contributed by atoms with Crippen molar-refractivity contribution in [1.29, 1.82) is 0 Å². The average Bonchev–Trinajstić information content (AvgIpc) is 3.14. The first kappa shape index (κ1) is 20.0. The van der Waals surface area contributed by atoms with Crippen LogP contribution in [0.4, 0.5) is 17.2 Å². The molecule has 1 aliphatic rings. The summed E-state index contributed by atoms with van der Waals surface area (Å²) in [5.74, 6) is 0.926. The van der Waals surface area contributed by atoms with Crippen LogP contribution in [0.25, 0.3) is 16.9 Å². The summed E-state index contributed by atoms with van der Waals surface area (Å²) in [4.78, 5) is 11.6. The Balaban J connectivity index is 1.59. The molecule has 0 unspecified atom stereocenters. The van der Waals surface area contributed by atoms with Crippen LogP contribution in [0.2, 0.25) is 0 Å². The van der Waals surface area contributed by atoms with Crippen molar-refractivity contribution in [3.63, 3.8) is 0 Å². The van der Waals surface area contributed by atoms with Crippen LogP contribution in [0.1, 0.15) is 11.1 Å². The van der Waals surface area contributed by atoms with Crippen molar-refractivity contribution < 1.29 is 4.74 Å². The van der Waals surface area contributed by atoms with E-state index in [4.69, 9.17) is 9.72 Å². The molecule has 2 aromatic carbocycles. The summed E-state index contributed by atoms with van der Waals surface area (Å²) < 4.78 is 8.29. The monoisotopic (exact) mass is 477 g/mol. The van der Waals surface area contributed by atoms with E-state index in [0.29, 0.717) is 0 Å². The molecule has 1 fully saturated rings. The van der Waals surface area contributed by atoms with Gasteiger partial charge in [-0.05, 0) is 53.0 Å². The van der Waals surface area contributed by atoms with Crippen molar-refractivity contribution in [2.24, 2.45) is 0 Å². The van der Waals surface area contributed by atoms with Crippen molar-refractivity contribution >= 4 is 38.8 Å². The largest absolute Gasteiger partial charge is 0.378 e. The molecule has 1 aliphatic heterocycles. The van der Waals surface area contributed by atoms with E-state index in [1.54, 1.807) is 6.20 Å². The molecule has 0 bridgehead atoms. The fourth-order valence-corrected chi connectivity index (χ4v) is 4.34. The number of aromatic nitrogens is 3. The van der Waals surface area contributed by atoms with Gasteiger partial charge in [-0.15, -0.1) is 0 Å². The van der Waals surface area contributed by atoms with E-state index in [1.165, 1.54) is 16.8 Å². The van der Waals surface area contributed by atoms with Gasteiger partial charge in [-0.25, -0.2) is 9.97 Å². The molecule has 6 nitrogen and oxygen atoms in total. The van der Waals surface area contributed by atoms with Gasteiger partial charge in [-0.1, -0.05) is 30.3 Å². The number of hydrogen-bond acceptors (Lipinski definition) is 5. The maximum Gasteiger partial charge on any atom is 0.157 e. The third kappa shape index (κ3) is 3.91. The lowest BCUT2D eigenvalue weighted by atomic mass is 10.1. The van der Waals surface area contributed by atoms with E-state index in [9.17, 15) is 0 Å². The minimum atomic E-state index is 0.760. The van der Waals surface area contributed by atoms with Gasteiger partial charge in [-0.2, -0.15) is 0 Å². The summed E-state index contributed by atoms with van der Waals surface area (Å²) in [6, 6.07) is 14.9. The molecule has 3 heterocycles. The number of para-hydroxylation sites is 1. The van der Waals surface area contributed by atoms with Gasteiger partial charge in [-0.3, -0.25) is 4.40 Å². The first-order valence-corrected chi connectivity index (χ1v) is 11.2. The fourth-order valence-electron chi connectivity index (χ4n) is 4.03. The minimum absolute atomic E-state index is 0.760. The lowest BCUT2D eigenvalue weighted by Gasteiger charge is -2.28. The fraction of sp³-hybridized carbons (Fsp3) is 0.250. The van der Waals surface area contributed by atoms with Gasteiger partial charge in [0.05, 0.1) is 19.4 Å². The average molecular weight is 478 g/mol. The molecule has 31 heavy (non-hydrogen) atoms. The molecule has 5 rings (SSSR count). The molecule has 0 atom stereocenters. The number of hydrogen-bond donors (Lipinski definition) is 1. The summed E-state index contributed by atoms with van der Waals surface area (Å²) in [5, 5.41) is 3.66. The van der Waals surface area contributed by atoms with Crippen LogP contribution in [0.15, 0.2) is 59.5 Å². The summed E-state index contributed by atoms with van der Waals surface area (Å²) >= 11 is 3.50. The number of rotatable bonds is 4. The first-order chi connectivity index (χ1) is 15.1. The third-order valence-electron chi connectivity index (χ3n) is 5.72. The molecule has 158 valence electrons. The molecule has 0 spiro atoms. The van der Waals surface area contributed by atoms with Crippen LogP contribution >= 0.6 is 15.9 Å². The van der Waals surface area contributed by atoms with Gasteiger partial charge in [0, 0.05) is 36.2 Å². The quantitative estimate of drug-likeness (QED) is 0.428.